The first-order valence-corrected chi connectivity index (χ1v) is 11.7. The summed E-state index contributed by atoms with van der Waals surface area (Å²) in [5.41, 5.74) is 6.25. The monoisotopic (exact) mass is 518 g/mol. The van der Waals surface area contributed by atoms with Crippen LogP contribution >= 0.6 is 17.0 Å². The van der Waals surface area contributed by atoms with Crippen LogP contribution in [-0.4, -0.2) is 14.9 Å². The first kappa shape index (κ1) is 24.3. The van der Waals surface area contributed by atoms with Crippen LogP contribution in [0.5, 0.6) is 0 Å². The van der Waals surface area contributed by atoms with E-state index in [0.29, 0.717) is 6.04 Å². The van der Waals surface area contributed by atoms with E-state index in [2.05, 4.69) is 57.7 Å². The van der Waals surface area contributed by atoms with Gasteiger partial charge in [-0.25, -0.2) is 0 Å². The van der Waals surface area contributed by atoms with E-state index < -0.39 is 0 Å². The molecule has 1 N–H and O–H groups in total. The number of hydrogen-bond acceptors (Lipinski definition) is 5. The van der Waals surface area contributed by atoms with Crippen molar-refractivity contribution >= 4 is 17.0 Å². The van der Waals surface area contributed by atoms with Crippen molar-refractivity contribution in [3.05, 3.63) is 119 Å². The van der Waals surface area contributed by atoms with Crippen LogP contribution < -0.4 is 5.32 Å². The number of pyridine rings is 2. The summed E-state index contributed by atoms with van der Waals surface area (Å²) in [7, 11) is 0. The molecule has 5 nitrogen and oxygen atoms in total. The maximum atomic E-state index is 5.70. The lowest BCUT2D eigenvalue weighted by Crippen LogP contribution is -2.31. The highest BCUT2D eigenvalue weighted by Crippen LogP contribution is 2.34. The average molecular weight is 519 g/mol. The molecule has 1 aliphatic rings. The molecule has 0 amide bonds. The van der Waals surface area contributed by atoms with Crippen LogP contribution in [-0.2, 0) is 32.6 Å². The van der Waals surface area contributed by atoms with E-state index in [9.17, 15) is 0 Å². The van der Waals surface area contributed by atoms with Crippen LogP contribution in [0.25, 0.3) is 0 Å². The van der Waals surface area contributed by atoms with Crippen molar-refractivity contribution < 1.29 is 4.42 Å². The minimum atomic E-state index is 0. The number of fused-ring (bicyclic) bond motifs is 1. The van der Waals surface area contributed by atoms with Crippen LogP contribution in [0.3, 0.4) is 0 Å². The molecule has 176 valence electrons. The highest BCUT2D eigenvalue weighted by Gasteiger charge is 2.27. The fraction of sp³-hybridized carbons (Fsp3) is 0.286. The third kappa shape index (κ3) is 6.20. The van der Waals surface area contributed by atoms with Gasteiger partial charge < -0.3 is 9.73 Å². The van der Waals surface area contributed by atoms with Crippen LogP contribution in [0.15, 0.2) is 89.8 Å². The number of halogens is 1. The molecule has 0 aliphatic heterocycles. The lowest BCUT2D eigenvalue weighted by atomic mass is 9.90. The van der Waals surface area contributed by atoms with E-state index in [-0.39, 0.29) is 17.0 Å². The molecule has 34 heavy (non-hydrogen) atoms. The first-order valence-electron chi connectivity index (χ1n) is 11.7. The third-order valence-electron chi connectivity index (χ3n) is 6.32. The molecule has 1 atom stereocenters. The van der Waals surface area contributed by atoms with Gasteiger partial charge in [0.05, 0.1) is 30.2 Å². The molecule has 0 fully saturated rings. The summed E-state index contributed by atoms with van der Waals surface area (Å²) in [6.45, 7) is 3.24. The highest BCUT2D eigenvalue weighted by atomic mass is 79.9. The number of nitrogens with zero attached hydrogens (tertiary/aromatic N) is 3. The maximum absolute atomic E-state index is 5.70. The summed E-state index contributed by atoms with van der Waals surface area (Å²) in [6.07, 6.45) is 8.95. The summed E-state index contributed by atoms with van der Waals surface area (Å²) in [6, 6.07) is 23.6. The lowest BCUT2D eigenvalue weighted by molar-refractivity contribution is 0.145. The van der Waals surface area contributed by atoms with E-state index in [4.69, 9.17) is 9.40 Å². The van der Waals surface area contributed by atoms with Crippen LogP contribution in [0, 0.1) is 0 Å². The lowest BCUT2D eigenvalue weighted by Gasteiger charge is -2.34. The van der Waals surface area contributed by atoms with Crippen molar-refractivity contribution in [1.82, 2.24) is 20.2 Å². The minimum absolute atomic E-state index is 0. The quantitative estimate of drug-likeness (QED) is 0.293. The molecule has 6 heteroatoms. The summed E-state index contributed by atoms with van der Waals surface area (Å²) in [5, 5.41) is 3.48. The minimum Gasteiger partial charge on any atom is -0.468 e. The Morgan fingerprint density at radius 3 is 2.50 bits per heavy atom. The maximum Gasteiger partial charge on any atom is 0.117 e. The molecule has 4 aromatic rings. The summed E-state index contributed by atoms with van der Waals surface area (Å²) >= 11 is 0. The van der Waals surface area contributed by atoms with Gasteiger partial charge in [0.2, 0.25) is 0 Å². The highest BCUT2D eigenvalue weighted by molar-refractivity contribution is 8.93. The van der Waals surface area contributed by atoms with E-state index in [1.807, 2.05) is 36.7 Å². The number of nitrogens with one attached hydrogen (secondary N) is 1. The average Bonchev–Trinajstić information content (AvgIpc) is 3.38. The zero-order chi connectivity index (χ0) is 22.3. The van der Waals surface area contributed by atoms with Crippen molar-refractivity contribution in [2.45, 2.75) is 51.5 Å². The van der Waals surface area contributed by atoms with Gasteiger partial charge in [0.1, 0.15) is 5.76 Å². The van der Waals surface area contributed by atoms with Gasteiger partial charge in [0.15, 0.2) is 0 Å². The molecule has 3 heterocycles. The van der Waals surface area contributed by atoms with Gasteiger partial charge in [0, 0.05) is 32.0 Å². The van der Waals surface area contributed by atoms with Gasteiger partial charge in [-0.1, -0.05) is 36.4 Å². The Morgan fingerprint density at radius 2 is 1.71 bits per heavy atom. The van der Waals surface area contributed by atoms with Crippen molar-refractivity contribution in [2.75, 3.05) is 0 Å². The van der Waals surface area contributed by atoms with Gasteiger partial charge in [-0.05, 0) is 66.3 Å². The molecule has 0 saturated carbocycles. The summed E-state index contributed by atoms with van der Waals surface area (Å²) in [5.74, 6) is 0.994. The topological polar surface area (TPSA) is 54.2 Å². The second-order valence-corrected chi connectivity index (χ2v) is 8.68. The Hall–Kier alpha value is -2.80. The third-order valence-corrected chi connectivity index (χ3v) is 6.32. The summed E-state index contributed by atoms with van der Waals surface area (Å²) in [4.78, 5) is 11.7. The standard InChI is InChI=1S/C28H30N4O.BrH/c1-2-15-30-25(8-1)19-29-18-22-11-13-23(14-12-22)20-32(21-26-9-5-17-33-26)27-10-3-6-24-7-4-16-31-28(24)27;/h1-2,4-5,7-9,11-17,27,29H,3,6,10,18-21H2;1H. The van der Waals surface area contributed by atoms with E-state index in [0.717, 1.165) is 50.5 Å². The van der Waals surface area contributed by atoms with Crippen molar-refractivity contribution in [2.24, 2.45) is 0 Å². The SMILES string of the molecule is Br.c1ccc(CNCc2ccc(CN(Cc3ccco3)C3CCCc4cccnc43)cc2)nc1. The predicted octanol–water partition coefficient (Wildman–Crippen LogP) is 6.02. The van der Waals surface area contributed by atoms with E-state index in [1.165, 1.54) is 28.8 Å². The molecule has 5 rings (SSSR count). The van der Waals surface area contributed by atoms with Crippen LogP contribution in [0.2, 0.25) is 0 Å². The van der Waals surface area contributed by atoms with Gasteiger partial charge in [-0.2, -0.15) is 0 Å². The fourth-order valence-electron chi connectivity index (χ4n) is 4.65. The molecule has 3 aromatic heterocycles. The second-order valence-electron chi connectivity index (χ2n) is 8.68. The number of aryl methyl sites for hydroxylation is 1. The van der Waals surface area contributed by atoms with E-state index >= 15 is 0 Å². The molecule has 1 aliphatic carbocycles. The number of furan rings is 1. The molecule has 0 bridgehead atoms. The molecular weight excluding hydrogens is 488 g/mol. The Labute approximate surface area is 212 Å². The number of aromatic nitrogens is 2. The number of rotatable bonds is 9. The molecule has 1 aromatic carbocycles. The molecular formula is C28H31BrN4O. The van der Waals surface area contributed by atoms with Crippen LogP contribution in [0.1, 0.15) is 52.7 Å². The molecule has 0 radical (unpaired) electrons. The van der Waals surface area contributed by atoms with Gasteiger partial charge in [0.25, 0.3) is 0 Å². The Bertz CT molecular complexity index is 1130. The van der Waals surface area contributed by atoms with Crippen molar-refractivity contribution in [1.29, 1.82) is 0 Å². The van der Waals surface area contributed by atoms with Gasteiger partial charge in [-0.3, -0.25) is 14.9 Å². The Kier molecular flexibility index (Phi) is 8.63. The number of hydrogen-bond donors (Lipinski definition) is 1. The van der Waals surface area contributed by atoms with Crippen molar-refractivity contribution in [3.8, 4) is 0 Å². The zero-order valence-electron chi connectivity index (χ0n) is 19.3. The number of benzene rings is 1. The summed E-state index contributed by atoms with van der Waals surface area (Å²) < 4.78 is 5.70. The largest absolute Gasteiger partial charge is 0.468 e. The smallest absolute Gasteiger partial charge is 0.117 e. The fourth-order valence-corrected chi connectivity index (χ4v) is 4.65. The van der Waals surface area contributed by atoms with Crippen LogP contribution in [0.4, 0.5) is 0 Å². The Morgan fingerprint density at radius 1 is 0.853 bits per heavy atom. The second kappa shape index (κ2) is 12.1. The normalized spacial score (nSPS) is 15.0. The Balaban J connectivity index is 0.00000274. The zero-order valence-corrected chi connectivity index (χ0v) is 21.0. The van der Waals surface area contributed by atoms with Crippen molar-refractivity contribution in [3.63, 3.8) is 0 Å². The molecule has 0 saturated heterocycles. The molecule has 1 unspecified atom stereocenters. The first-order chi connectivity index (χ1) is 16.3. The van der Waals surface area contributed by atoms with Gasteiger partial charge in [-0.15, -0.1) is 17.0 Å². The molecule has 0 spiro atoms. The van der Waals surface area contributed by atoms with E-state index in [1.54, 1.807) is 6.26 Å². The predicted molar refractivity (Wildman–Crippen MR) is 139 cm³/mol. The van der Waals surface area contributed by atoms with Gasteiger partial charge >= 0.3 is 0 Å².